The summed E-state index contributed by atoms with van der Waals surface area (Å²) in [7, 11) is 0. The van der Waals surface area contributed by atoms with Crippen molar-refractivity contribution in [3.05, 3.63) is 35.9 Å². The normalized spacial score (nSPS) is 12.7. The van der Waals surface area contributed by atoms with Crippen molar-refractivity contribution in [2.75, 3.05) is 12.3 Å². The van der Waals surface area contributed by atoms with Gasteiger partial charge in [-0.05, 0) is 12.0 Å². The Morgan fingerprint density at radius 2 is 1.86 bits per heavy atom. The molecule has 1 unspecified atom stereocenters. The summed E-state index contributed by atoms with van der Waals surface area (Å²) in [6, 6.07) is 8.81. The molecule has 1 aromatic rings. The van der Waals surface area contributed by atoms with E-state index in [0.717, 1.165) is 17.3 Å². The molecule has 0 fully saturated rings. The number of thioether (sulfide) groups is 1. The second-order valence-electron chi connectivity index (χ2n) is 4.22. The van der Waals surface area contributed by atoms with E-state index in [2.05, 4.69) is 0 Å². The Morgan fingerprint density at radius 3 is 2.38 bits per heavy atom. The Labute approximate surface area is 123 Å². The van der Waals surface area contributed by atoms with Crippen LogP contribution in [-0.2, 0) is 16.0 Å². The average Bonchev–Trinajstić information content (AvgIpc) is 2.41. The van der Waals surface area contributed by atoms with Gasteiger partial charge in [0.25, 0.3) is 0 Å². The Balaban J connectivity index is 2.45. The van der Waals surface area contributed by atoms with E-state index in [4.69, 9.17) is 5.11 Å². The number of carboxylic acid groups (broad SMARTS) is 1. The molecule has 8 heteroatoms. The average molecular weight is 321 g/mol. The topological polar surface area (TPSA) is 66.4 Å². The molecule has 1 aromatic carbocycles. The molecule has 0 radical (unpaired) electrons. The van der Waals surface area contributed by atoms with Gasteiger partial charge in [-0.3, -0.25) is 9.59 Å². The quantitative estimate of drug-likeness (QED) is 0.807. The number of halogens is 3. The first-order valence-electron chi connectivity index (χ1n) is 5.99. The van der Waals surface area contributed by atoms with Crippen molar-refractivity contribution in [1.29, 1.82) is 0 Å². The van der Waals surface area contributed by atoms with E-state index < -0.39 is 29.8 Å². The highest BCUT2D eigenvalue weighted by Gasteiger charge is 2.28. The van der Waals surface area contributed by atoms with E-state index in [-0.39, 0.29) is 12.2 Å². The van der Waals surface area contributed by atoms with Gasteiger partial charge in [0.05, 0.1) is 5.75 Å². The van der Waals surface area contributed by atoms with E-state index in [0.29, 0.717) is 0 Å². The van der Waals surface area contributed by atoms with Gasteiger partial charge in [0.1, 0.15) is 11.8 Å². The minimum absolute atomic E-state index is 0.202. The van der Waals surface area contributed by atoms with Gasteiger partial charge in [0, 0.05) is 0 Å². The molecule has 0 saturated carbocycles. The molecule has 1 rings (SSSR count). The third-order valence-corrected chi connectivity index (χ3v) is 3.64. The molecule has 0 heterocycles. The fourth-order valence-electron chi connectivity index (χ4n) is 1.47. The van der Waals surface area contributed by atoms with Crippen molar-refractivity contribution in [1.82, 2.24) is 5.32 Å². The zero-order chi connectivity index (χ0) is 15.9. The Hall–Kier alpha value is -1.70. The molecular formula is C13H14F3NO3S. The number of carboxylic acids is 1. The molecule has 2 N–H and O–H groups in total. The number of nitrogens with one attached hydrogen (secondary N) is 1. The van der Waals surface area contributed by atoms with Crippen molar-refractivity contribution >= 4 is 23.6 Å². The number of amides is 1. The predicted octanol–water partition coefficient (Wildman–Crippen LogP) is 2.09. The molecule has 1 atom stereocenters. The number of alkyl halides is 3. The van der Waals surface area contributed by atoms with Crippen LogP contribution < -0.4 is 5.32 Å². The van der Waals surface area contributed by atoms with Gasteiger partial charge >= 0.3 is 12.1 Å². The first kappa shape index (κ1) is 17.4. The second kappa shape index (κ2) is 7.92. The highest BCUT2D eigenvalue weighted by atomic mass is 32.2. The number of aliphatic carboxylic acids is 1. The van der Waals surface area contributed by atoms with E-state index in [9.17, 15) is 22.8 Å². The van der Waals surface area contributed by atoms with Crippen LogP contribution in [0, 0.1) is 0 Å². The van der Waals surface area contributed by atoms with E-state index in [1.165, 1.54) is 0 Å². The van der Waals surface area contributed by atoms with Gasteiger partial charge in [-0.25, -0.2) is 0 Å². The van der Waals surface area contributed by atoms with E-state index >= 15 is 0 Å². The standard InChI is InChI=1S/C13H14F3NO3S/c14-13(15,16)8-17-11(18)7-21-10(12(19)20)6-9-4-2-1-3-5-9/h1-5,10H,6-8H2,(H,17,18)(H,19,20). The smallest absolute Gasteiger partial charge is 0.405 e. The third kappa shape index (κ3) is 7.60. The van der Waals surface area contributed by atoms with Crippen LogP contribution in [0.15, 0.2) is 30.3 Å². The van der Waals surface area contributed by atoms with Crippen LogP contribution in [0.4, 0.5) is 13.2 Å². The number of carbonyl (C=O) groups excluding carboxylic acids is 1. The minimum atomic E-state index is -4.48. The third-order valence-electron chi connectivity index (χ3n) is 2.44. The van der Waals surface area contributed by atoms with Crippen LogP contribution in [0.3, 0.4) is 0 Å². The summed E-state index contributed by atoms with van der Waals surface area (Å²) in [4.78, 5) is 22.3. The number of hydrogen-bond acceptors (Lipinski definition) is 3. The maximum atomic E-state index is 11.9. The summed E-state index contributed by atoms with van der Waals surface area (Å²) in [6.07, 6.45) is -4.27. The maximum absolute atomic E-state index is 11.9. The zero-order valence-corrected chi connectivity index (χ0v) is 11.7. The molecule has 0 aliphatic carbocycles. The lowest BCUT2D eigenvalue weighted by molar-refractivity contribution is -0.137. The fourth-order valence-corrected chi connectivity index (χ4v) is 2.38. The molecule has 0 saturated heterocycles. The van der Waals surface area contributed by atoms with Crippen molar-refractivity contribution in [3.63, 3.8) is 0 Å². The van der Waals surface area contributed by atoms with Gasteiger partial charge < -0.3 is 10.4 Å². The molecule has 1 amide bonds. The van der Waals surface area contributed by atoms with Crippen LogP contribution >= 0.6 is 11.8 Å². The van der Waals surface area contributed by atoms with Gasteiger partial charge in [-0.15, -0.1) is 11.8 Å². The highest BCUT2D eigenvalue weighted by Crippen LogP contribution is 2.17. The molecule has 0 bridgehead atoms. The van der Waals surface area contributed by atoms with Crippen molar-refractivity contribution in [3.8, 4) is 0 Å². The summed E-state index contributed by atoms with van der Waals surface area (Å²) in [6.45, 7) is -1.41. The first-order chi connectivity index (χ1) is 9.78. The van der Waals surface area contributed by atoms with Gasteiger partial charge in [0.15, 0.2) is 0 Å². The van der Waals surface area contributed by atoms with E-state index in [1.54, 1.807) is 35.6 Å². The van der Waals surface area contributed by atoms with E-state index in [1.807, 2.05) is 0 Å². The Kier molecular flexibility index (Phi) is 6.54. The lowest BCUT2D eigenvalue weighted by Gasteiger charge is -2.13. The molecule has 21 heavy (non-hydrogen) atoms. The summed E-state index contributed by atoms with van der Waals surface area (Å²) in [5.74, 6) is -2.27. The molecule has 0 aromatic heterocycles. The number of benzene rings is 1. The van der Waals surface area contributed by atoms with Crippen molar-refractivity contribution in [2.24, 2.45) is 0 Å². The van der Waals surface area contributed by atoms with Crippen molar-refractivity contribution < 1.29 is 27.9 Å². The highest BCUT2D eigenvalue weighted by molar-refractivity contribution is 8.01. The predicted molar refractivity (Wildman–Crippen MR) is 73.1 cm³/mol. The number of carbonyl (C=O) groups is 2. The molecule has 0 aliphatic heterocycles. The lowest BCUT2D eigenvalue weighted by atomic mass is 10.1. The minimum Gasteiger partial charge on any atom is -0.480 e. The molecule has 0 spiro atoms. The van der Waals surface area contributed by atoms with Gasteiger partial charge in [0.2, 0.25) is 5.91 Å². The Morgan fingerprint density at radius 1 is 1.24 bits per heavy atom. The zero-order valence-electron chi connectivity index (χ0n) is 10.9. The van der Waals surface area contributed by atoms with Crippen LogP contribution in [0.2, 0.25) is 0 Å². The van der Waals surface area contributed by atoms with Crippen LogP contribution in [0.5, 0.6) is 0 Å². The fraction of sp³-hybridized carbons (Fsp3) is 0.385. The second-order valence-corrected chi connectivity index (χ2v) is 5.41. The largest absolute Gasteiger partial charge is 0.480 e. The van der Waals surface area contributed by atoms with Crippen LogP contribution in [-0.4, -0.2) is 40.7 Å². The first-order valence-corrected chi connectivity index (χ1v) is 7.04. The van der Waals surface area contributed by atoms with Crippen LogP contribution in [0.1, 0.15) is 5.56 Å². The van der Waals surface area contributed by atoms with Crippen molar-refractivity contribution in [2.45, 2.75) is 17.8 Å². The SMILES string of the molecule is O=C(CSC(Cc1ccccc1)C(=O)O)NCC(F)(F)F. The number of rotatable bonds is 7. The summed E-state index contributed by atoms with van der Waals surface area (Å²) in [5, 5.41) is 9.89. The van der Waals surface area contributed by atoms with Gasteiger partial charge in [-0.1, -0.05) is 30.3 Å². The summed E-state index contributed by atoms with van der Waals surface area (Å²) >= 11 is 0.804. The van der Waals surface area contributed by atoms with Crippen LogP contribution in [0.25, 0.3) is 0 Å². The maximum Gasteiger partial charge on any atom is 0.405 e. The Bertz CT molecular complexity index is 479. The molecule has 0 aliphatic rings. The van der Waals surface area contributed by atoms with Gasteiger partial charge in [-0.2, -0.15) is 13.2 Å². The monoisotopic (exact) mass is 321 g/mol. The molecule has 116 valence electrons. The lowest BCUT2D eigenvalue weighted by Crippen LogP contribution is -2.35. The molecular weight excluding hydrogens is 307 g/mol. The number of hydrogen-bond donors (Lipinski definition) is 2. The summed E-state index contributed by atoms with van der Waals surface area (Å²) in [5.41, 5.74) is 0.785. The molecule has 4 nitrogen and oxygen atoms in total. The summed E-state index contributed by atoms with van der Waals surface area (Å²) < 4.78 is 35.7.